The van der Waals surface area contributed by atoms with Crippen LogP contribution in [0.2, 0.25) is 5.02 Å². The monoisotopic (exact) mass is 419 g/mol. The van der Waals surface area contributed by atoms with Gasteiger partial charge in [-0.15, -0.1) is 0 Å². The maximum absolute atomic E-state index is 12.2. The lowest BCUT2D eigenvalue weighted by molar-refractivity contribution is -0.384. The first-order chi connectivity index (χ1) is 14.5. The van der Waals surface area contributed by atoms with Crippen molar-refractivity contribution < 1.29 is 14.1 Å². The maximum atomic E-state index is 12.2. The van der Waals surface area contributed by atoms with Gasteiger partial charge in [-0.3, -0.25) is 14.9 Å². The quantitative estimate of drug-likeness (QED) is 0.254. The molecule has 0 aliphatic rings. The van der Waals surface area contributed by atoms with E-state index in [9.17, 15) is 14.9 Å². The van der Waals surface area contributed by atoms with Crippen molar-refractivity contribution in [2.75, 3.05) is 5.32 Å². The van der Waals surface area contributed by atoms with Gasteiger partial charge in [0.25, 0.3) is 5.69 Å². The maximum Gasteiger partial charge on any atom is 0.270 e. The standard InChI is InChI=1S/C22H14ClN3O4/c23-16-8-9-20-19(13-16)25-22(30-20)15-4-2-5-17(12-15)24-21(27)10-7-14-3-1-6-18(11-14)26(28)29/h1-13H,(H,24,27)/b10-7+. The summed E-state index contributed by atoms with van der Waals surface area (Å²) in [6, 6.07) is 18.3. The second-order valence-electron chi connectivity index (χ2n) is 6.39. The zero-order valence-corrected chi connectivity index (χ0v) is 16.2. The third-order valence-corrected chi connectivity index (χ3v) is 4.47. The highest BCUT2D eigenvalue weighted by Crippen LogP contribution is 2.27. The molecular weight excluding hydrogens is 406 g/mol. The summed E-state index contributed by atoms with van der Waals surface area (Å²) in [5.41, 5.74) is 3.03. The Bertz CT molecular complexity index is 1300. The van der Waals surface area contributed by atoms with Crippen molar-refractivity contribution in [2.45, 2.75) is 0 Å². The topological polar surface area (TPSA) is 98.3 Å². The summed E-state index contributed by atoms with van der Waals surface area (Å²) in [5.74, 6) is 0.0403. The largest absolute Gasteiger partial charge is 0.436 e. The molecule has 0 radical (unpaired) electrons. The number of benzene rings is 3. The molecule has 0 bridgehead atoms. The van der Waals surface area contributed by atoms with Gasteiger partial charge >= 0.3 is 0 Å². The average Bonchev–Trinajstić information content (AvgIpc) is 3.16. The second-order valence-corrected chi connectivity index (χ2v) is 6.82. The Morgan fingerprint density at radius 1 is 1.10 bits per heavy atom. The van der Waals surface area contributed by atoms with Gasteiger partial charge in [0.15, 0.2) is 5.58 Å². The molecular formula is C22H14ClN3O4. The van der Waals surface area contributed by atoms with E-state index in [4.69, 9.17) is 16.0 Å². The fourth-order valence-electron chi connectivity index (χ4n) is 2.85. The van der Waals surface area contributed by atoms with Crippen LogP contribution in [0.5, 0.6) is 0 Å². The normalized spacial score (nSPS) is 11.1. The van der Waals surface area contributed by atoms with Crippen LogP contribution >= 0.6 is 11.6 Å². The summed E-state index contributed by atoms with van der Waals surface area (Å²) >= 11 is 5.99. The lowest BCUT2D eigenvalue weighted by Crippen LogP contribution is -2.07. The van der Waals surface area contributed by atoms with Crippen molar-refractivity contribution >= 4 is 46.1 Å². The number of anilines is 1. The lowest BCUT2D eigenvalue weighted by atomic mass is 10.2. The van der Waals surface area contributed by atoms with Gasteiger partial charge in [-0.05, 0) is 48.0 Å². The van der Waals surface area contributed by atoms with Crippen LogP contribution < -0.4 is 5.32 Å². The molecule has 0 saturated heterocycles. The van der Waals surface area contributed by atoms with Crippen molar-refractivity contribution in [3.05, 3.63) is 93.5 Å². The molecule has 4 aromatic rings. The highest BCUT2D eigenvalue weighted by Gasteiger charge is 2.10. The fraction of sp³-hybridized carbons (Fsp3) is 0. The van der Waals surface area contributed by atoms with Gasteiger partial charge in [-0.2, -0.15) is 0 Å². The molecule has 0 aliphatic heterocycles. The molecule has 1 heterocycles. The molecule has 0 atom stereocenters. The first kappa shape index (κ1) is 19.4. The van der Waals surface area contributed by atoms with E-state index in [-0.39, 0.29) is 11.6 Å². The second kappa shape index (κ2) is 8.18. The van der Waals surface area contributed by atoms with Gasteiger partial charge in [0.1, 0.15) is 5.52 Å². The predicted molar refractivity (Wildman–Crippen MR) is 115 cm³/mol. The number of aromatic nitrogens is 1. The number of hydrogen-bond donors (Lipinski definition) is 1. The zero-order valence-electron chi connectivity index (χ0n) is 15.4. The van der Waals surface area contributed by atoms with Crippen LogP contribution in [-0.2, 0) is 4.79 Å². The van der Waals surface area contributed by atoms with Crippen molar-refractivity contribution in [3.8, 4) is 11.5 Å². The van der Waals surface area contributed by atoms with E-state index in [0.29, 0.717) is 38.8 Å². The van der Waals surface area contributed by atoms with E-state index in [1.54, 1.807) is 48.5 Å². The number of fused-ring (bicyclic) bond motifs is 1. The van der Waals surface area contributed by atoms with E-state index in [1.165, 1.54) is 24.3 Å². The fourth-order valence-corrected chi connectivity index (χ4v) is 3.02. The summed E-state index contributed by atoms with van der Waals surface area (Å²) in [6.07, 6.45) is 2.82. The molecule has 7 nitrogen and oxygen atoms in total. The Kier molecular flexibility index (Phi) is 5.28. The first-order valence-corrected chi connectivity index (χ1v) is 9.26. The van der Waals surface area contributed by atoms with Crippen molar-refractivity contribution in [1.82, 2.24) is 4.98 Å². The third kappa shape index (κ3) is 4.37. The Morgan fingerprint density at radius 2 is 1.93 bits per heavy atom. The minimum Gasteiger partial charge on any atom is -0.436 e. The number of nitro benzene ring substituents is 1. The number of non-ortho nitro benzene ring substituents is 1. The summed E-state index contributed by atoms with van der Waals surface area (Å²) < 4.78 is 5.75. The molecule has 1 aromatic heterocycles. The van der Waals surface area contributed by atoms with Crippen LogP contribution in [0.15, 0.2) is 77.2 Å². The van der Waals surface area contributed by atoms with Gasteiger partial charge in [0.2, 0.25) is 11.8 Å². The smallest absolute Gasteiger partial charge is 0.270 e. The number of carbonyl (C=O) groups is 1. The molecule has 4 rings (SSSR count). The molecule has 0 saturated carbocycles. The summed E-state index contributed by atoms with van der Waals surface area (Å²) in [4.78, 5) is 27.0. The van der Waals surface area contributed by atoms with Crippen LogP contribution in [0.25, 0.3) is 28.6 Å². The van der Waals surface area contributed by atoms with Gasteiger partial charge in [-0.25, -0.2) is 4.98 Å². The third-order valence-electron chi connectivity index (χ3n) is 4.23. The first-order valence-electron chi connectivity index (χ1n) is 8.88. The van der Waals surface area contributed by atoms with Crippen LogP contribution in [0.4, 0.5) is 11.4 Å². The van der Waals surface area contributed by atoms with E-state index < -0.39 is 4.92 Å². The van der Waals surface area contributed by atoms with Gasteiger partial charge in [0.05, 0.1) is 4.92 Å². The number of nitro groups is 1. The zero-order chi connectivity index (χ0) is 21.1. The highest BCUT2D eigenvalue weighted by atomic mass is 35.5. The Hall–Kier alpha value is -3.97. The number of nitrogens with zero attached hydrogens (tertiary/aromatic N) is 2. The lowest BCUT2D eigenvalue weighted by Gasteiger charge is -2.03. The SMILES string of the molecule is O=C(/C=C/c1cccc([N+](=O)[O-])c1)Nc1cccc(-c2nc3cc(Cl)ccc3o2)c1. The molecule has 30 heavy (non-hydrogen) atoms. The molecule has 1 amide bonds. The predicted octanol–water partition coefficient (Wildman–Crippen LogP) is 5.71. The van der Waals surface area contributed by atoms with E-state index in [2.05, 4.69) is 10.3 Å². The van der Waals surface area contributed by atoms with Crippen molar-refractivity contribution in [1.29, 1.82) is 0 Å². The van der Waals surface area contributed by atoms with Crippen LogP contribution in [0.3, 0.4) is 0 Å². The van der Waals surface area contributed by atoms with E-state index in [0.717, 1.165) is 0 Å². The van der Waals surface area contributed by atoms with Gasteiger partial charge in [-0.1, -0.05) is 29.8 Å². The number of oxazole rings is 1. The van der Waals surface area contributed by atoms with Crippen molar-refractivity contribution in [3.63, 3.8) is 0 Å². The van der Waals surface area contributed by atoms with Gasteiger partial charge in [0, 0.05) is 34.5 Å². The summed E-state index contributed by atoms with van der Waals surface area (Å²) in [6.45, 7) is 0. The number of nitrogens with one attached hydrogen (secondary N) is 1. The Labute approximate surface area is 175 Å². The number of amides is 1. The number of hydrogen-bond acceptors (Lipinski definition) is 5. The molecule has 8 heteroatoms. The Morgan fingerprint density at radius 3 is 2.77 bits per heavy atom. The molecule has 148 valence electrons. The summed E-state index contributed by atoms with van der Waals surface area (Å²) in [7, 11) is 0. The average molecular weight is 420 g/mol. The molecule has 1 N–H and O–H groups in total. The minimum atomic E-state index is -0.483. The minimum absolute atomic E-state index is 0.0371. The van der Waals surface area contributed by atoms with Crippen LogP contribution in [0, 0.1) is 10.1 Å². The molecule has 0 spiro atoms. The van der Waals surface area contributed by atoms with Crippen LogP contribution in [0.1, 0.15) is 5.56 Å². The molecule has 0 fully saturated rings. The molecule has 0 aliphatic carbocycles. The van der Waals surface area contributed by atoms with Crippen molar-refractivity contribution in [2.24, 2.45) is 0 Å². The number of halogens is 1. The van der Waals surface area contributed by atoms with E-state index in [1.807, 2.05) is 6.07 Å². The van der Waals surface area contributed by atoms with Gasteiger partial charge < -0.3 is 9.73 Å². The number of rotatable bonds is 5. The van der Waals surface area contributed by atoms with E-state index >= 15 is 0 Å². The molecule has 0 unspecified atom stereocenters. The molecule has 3 aromatic carbocycles. The number of carbonyl (C=O) groups excluding carboxylic acids is 1. The highest BCUT2D eigenvalue weighted by molar-refractivity contribution is 6.31. The Balaban J connectivity index is 1.50. The summed E-state index contributed by atoms with van der Waals surface area (Å²) in [5, 5.41) is 14.2. The van der Waals surface area contributed by atoms with Crippen LogP contribution in [-0.4, -0.2) is 15.8 Å².